The number of fused-ring (bicyclic) bond motifs is 1. The minimum atomic E-state index is -0.404. The monoisotopic (exact) mass is 318 g/mol. The van der Waals surface area contributed by atoms with E-state index in [4.69, 9.17) is 16.1 Å². The lowest BCUT2D eigenvalue weighted by molar-refractivity contribution is -0.116. The Kier molecular flexibility index (Phi) is 3.64. The highest BCUT2D eigenvalue weighted by molar-refractivity contribution is 6.31. The van der Waals surface area contributed by atoms with E-state index < -0.39 is 5.91 Å². The Labute approximate surface area is 129 Å². The SMILES string of the molecule is Cc1cc(NC(=O)Cn2cnc3ccc(Cl)cc3c2=O)no1. The van der Waals surface area contributed by atoms with Crippen LogP contribution >= 0.6 is 11.6 Å². The number of nitrogens with one attached hydrogen (secondary N) is 1. The van der Waals surface area contributed by atoms with Crippen LogP contribution in [0.2, 0.25) is 5.02 Å². The zero-order chi connectivity index (χ0) is 15.7. The summed E-state index contributed by atoms with van der Waals surface area (Å²) in [5, 5.41) is 6.99. The summed E-state index contributed by atoms with van der Waals surface area (Å²) in [5.74, 6) is 0.473. The van der Waals surface area contributed by atoms with Crippen LogP contribution in [0, 0.1) is 6.92 Å². The van der Waals surface area contributed by atoms with Gasteiger partial charge in [0.05, 0.1) is 17.2 Å². The first-order chi connectivity index (χ1) is 10.5. The van der Waals surface area contributed by atoms with E-state index in [1.54, 1.807) is 25.1 Å². The van der Waals surface area contributed by atoms with E-state index in [1.807, 2.05) is 0 Å². The fraction of sp³-hybridized carbons (Fsp3) is 0.143. The standard InChI is InChI=1S/C14H11ClN4O3/c1-8-4-12(18-22-8)17-13(20)6-19-7-16-11-3-2-9(15)5-10(11)14(19)21/h2-5,7H,6H2,1H3,(H,17,18,20). The van der Waals surface area contributed by atoms with Gasteiger partial charge in [-0.1, -0.05) is 16.8 Å². The Balaban J connectivity index is 1.86. The Morgan fingerprint density at radius 1 is 1.41 bits per heavy atom. The van der Waals surface area contributed by atoms with Gasteiger partial charge in [-0.05, 0) is 25.1 Å². The summed E-state index contributed by atoms with van der Waals surface area (Å²) in [6.45, 7) is 1.53. The number of halogens is 1. The van der Waals surface area contributed by atoms with Crippen molar-refractivity contribution in [3.63, 3.8) is 0 Å². The number of nitrogens with zero attached hydrogens (tertiary/aromatic N) is 3. The molecule has 112 valence electrons. The van der Waals surface area contributed by atoms with E-state index in [9.17, 15) is 9.59 Å². The average molecular weight is 319 g/mol. The molecule has 0 bridgehead atoms. The highest BCUT2D eigenvalue weighted by Crippen LogP contribution is 2.14. The molecule has 0 saturated heterocycles. The largest absolute Gasteiger partial charge is 0.360 e. The van der Waals surface area contributed by atoms with Crippen molar-refractivity contribution >= 4 is 34.2 Å². The smallest absolute Gasteiger partial charge is 0.261 e. The zero-order valence-electron chi connectivity index (χ0n) is 11.5. The van der Waals surface area contributed by atoms with Crippen LogP contribution in [0.5, 0.6) is 0 Å². The van der Waals surface area contributed by atoms with Crippen LogP contribution in [0.4, 0.5) is 5.82 Å². The highest BCUT2D eigenvalue weighted by atomic mass is 35.5. The lowest BCUT2D eigenvalue weighted by Gasteiger charge is -2.06. The number of aryl methyl sites for hydroxylation is 1. The molecule has 1 aromatic carbocycles. The van der Waals surface area contributed by atoms with E-state index in [0.29, 0.717) is 27.5 Å². The van der Waals surface area contributed by atoms with Crippen LogP contribution in [0.25, 0.3) is 10.9 Å². The molecule has 0 aliphatic rings. The second-order valence-corrected chi connectivity index (χ2v) is 5.15. The van der Waals surface area contributed by atoms with Crippen molar-refractivity contribution in [1.29, 1.82) is 0 Å². The molecule has 1 amide bonds. The number of carbonyl (C=O) groups excluding carboxylic acids is 1. The first kappa shape index (κ1) is 14.3. The predicted molar refractivity (Wildman–Crippen MR) is 80.9 cm³/mol. The molecule has 1 N–H and O–H groups in total. The first-order valence-electron chi connectivity index (χ1n) is 6.41. The van der Waals surface area contributed by atoms with Gasteiger partial charge in [-0.25, -0.2) is 4.98 Å². The number of hydrogen-bond donors (Lipinski definition) is 1. The lowest BCUT2D eigenvalue weighted by atomic mass is 10.2. The van der Waals surface area contributed by atoms with E-state index in [1.165, 1.54) is 17.0 Å². The number of hydrogen-bond acceptors (Lipinski definition) is 5. The molecule has 0 atom stereocenters. The van der Waals surface area contributed by atoms with Gasteiger partial charge in [-0.2, -0.15) is 0 Å². The van der Waals surface area contributed by atoms with Crippen LogP contribution in [-0.4, -0.2) is 20.6 Å². The Bertz CT molecular complexity index is 916. The maximum atomic E-state index is 12.3. The molecule has 2 heterocycles. The molecule has 0 aliphatic heterocycles. The molecule has 3 rings (SSSR count). The molecule has 0 unspecified atom stereocenters. The fourth-order valence-corrected chi connectivity index (χ4v) is 2.18. The van der Waals surface area contributed by atoms with Gasteiger partial charge in [0.15, 0.2) is 5.82 Å². The topological polar surface area (TPSA) is 90.0 Å². The fourth-order valence-electron chi connectivity index (χ4n) is 2.01. The van der Waals surface area contributed by atoms with Gasteiger partial charge in [0, 0.05) is 11.1 Å². The normalized spacial score (nSPS) is 10.8. The Morgan fingerprint density at radius 3 is 2.95 bits per heavy atom. The van der Waals surface area contributed by atoms with Gasteiger partial charge in [0.25, 0.3) is 5.56 Å². The predicted octanol–water partition coefficient (Wildman–Crippen LogP) is 1.99. The van der Waals surface area contributed by atoms with Crippen LogP contribution in [0.1, 0.15) is 5.76 Å². The molecule has 0 saturated carbocycles. The molecule has 8 heteroatoms. The summed E-state index contributed by atoms with van der Waals surface area (Å²) in [4.78, 5) is 28.4. The van der Waals surface area contributed by atoms with Crippen molar-refractivity contribution in [2.45, 2.75) is 13.5 Å². The maximum Gasteiger partial charge on any atom is 0.261 e. The number of aromatic nitrogens is 3. The molecule has 0 radical (unpaired) electrons. The average Bonchev–Trinajstić information content (AvgIpc) is 2.87. The van der Waals surface area contributed by atoms with Gasteiger partial charge in [0.1, 0.15) is 12.3 Å². The van der Waals surface area contributed by atoms with Crippen LogP contribution in [-0.2, 0) is 11.3 Å². The minimum Gasteiger partial charge on any atom is -0.360 e. The Morgan fingerprint density at radius 2 is 2.23 bits per heavy atom. The third-order valence-electron chi connectivity index (χ3n) is 3.00. The molecular weight excluding hydrogens is 308 g/mol. The number of anilines is 1. The summed E-state index contributed by atoms with van der Waals surface area (Å²) in [6.07, 6.45) is 1.33. The van der Waals surface area contributed by atoms with Gasteiger partial charge in [0.2, 0.25) is 5.91 Å². The summed E-state index contributed by atoms with van der Waals surface area (Å²) < 4.78 is 6.06. The van der Waals surface area contributed by atoms with Crippen molar-refractivity contribution in [2.75, 3.05) is 5.32 Å². The zero-order valence-corrected chi connectivity index (χ0v) is 12.3. The van der Waals surface area contributed by atoms with E-state index in [0.717, 1.165) is 0 Å². The summed E-state index contributed by atoms with van der Waals surface area (Å²) >= 11 is 5.88. The third-order valence-corrected chi connectivity index (χ3v) is 3.23. The Hall–Kier alpha value is -2.67. The molecule has 3 aromatic rings. The second kappa shape index (κ2) is 5.61. The van der Waals surface area contributed by atoms with Crippen molar-refractivity contribution in [1.82, 2.24) is 14.7 Å². The summed E-state index contributed by atoms with van der Waals surface area (Å²) in [6, 6.07) is 6.42. The number of amides is 1. The van der Waals surface area contributed by atoms with E-state index in [-0.39, 0.29) is 12.1 Å². The number of benzene rings is 1. The van der Waals surface area contributed by atoms with Crippen LogP contribution in [0.15, 0.2) is 39.9 Å². The first-order valence-corrected chi connectivity index (χ1v) is 6.78. The third kappa shape index (κ3) is 2.84. The maximum absolute atomic E-state index is 12.3. The van der Waals surface area contributed by atoms with Gasteiger partial charge < -0.3 is 9.84 Å². The van der Waals surface area contributed by atoms with Crippen molar-refractivity contribution < 1.29 is 9.32 Å². The second-order valence-electron chi connectivity index (χ2n) is 4.71. The van der Waals surface area contributed by atoms with Crippen LogP contribution < -0.4 is 10.9 Å². The lowest BCUT2D eigenvalue weighted by Crippen LogP contribution is -2.28. The van der Waals surface area contributed by atoms with E-state index >= 15 is 0 Å². The molecule has 7 nitrogen and oxygen atoms in total. The number of carbonyl (C=O) groups is 1. The highest BCUT2D eigenvalue weighted by Gasteiger charge is 2.10. The van der Waals surface area contributed by atoms with Gasteiger partial charge in [-0.15, -0.1) is 0 Å². The van der Waals surface area contributed by atoms with Crippen molar-refractivity contribution in [2.24, 2.45) is 0 Å². The number of rotatable bonds is 3. The molecule has 2 aromatic heterocycles. The summed E-state index contributed by atoms with van der Waals surface area (Å²) in [5.41, 5.74) is 0.192. The summed E-state index contributed by atoms with van der Waals surface area (Å²) in [7, 11) is 0. The molecule has 0 fully saturated rings. The molecule has 0 spiro atoms. The van der Waals surface area contributed by atoms with Crippen molar-refractivity contribution in [3.8, 4) is 0 Å². The minimum absolute atomic E-state index is 0.180. The quantitative estimate of drug-likeness (QED) is 0.797. The van der Waals surface area contributed by atoms with Gasteiger partial charge in [-0.3, -0.25) is 14.2 Å². The molecular formula is C14H11ClN4O3. The van der Waals surface area contributed by atoms with Crippen molar-refractivity contribution in [3.05, 3.63) is 51.7 Å². The molecule has 0 aliphatic carbocycles. The molecule has 22 heavy (non-hydrogen) atoms. The van der Waals surface area contributed by atoms with Gasteiger partial charge >= 0.3 is 0 Å². The van der Waals surface area contributed by atoms with Crippen LogP contribution in [0.3, 0.4) is 0 Å². The van der Waals surface area contributed by atoms with E-state index in [2.05, 4.69) is 15.5 Å².